The molecule has 0 aromatic heterocycles. The van der Waals surface area contributed by atoms with E-state index >= 15 is 0 Å². The van der Waals surface area contributed by atoms with E-state index in [0.29, 0.717) is 0 Å². The zero-order valence-electron chi connectivity index (χ0n) is 11.8. The van der Waals surface area contributed by atoms with E-state index in [1.54, 1.807) is 0 Å². The molecule has 3 heteroatoms. The van der Waals surface area contributed by atoms with Crippen LogP contribution in [-0.2, 0) is 11.2 Å². The first-order valence-electron chi connectivity index (χ1n) is 7.24. The molecule has 0 amide bonds. The molecule has 3 nitrogen and oxygen atoms in total. The summed E-state index contributed by atoms with van der Waals surface area (Å²) in [4.78, 5) is 0. The molecular weight excluding hydrogens is 238 g/mol. The van der Waals surface area contributed by atoms with Gasteiger partial charge in [0.1, 0.15) is 11.4 Å². The Hall–Kier alpha value is -1.06. The maximum absolute atomic E-state index is 6.37. The average molecular weight is 261 g/mol. The Bertz CT molecular complexity index is 464. The lowest BCUT2D eigenvalue weighted by Gasteiger charge is -2.28. The highest BCUT2D eigenvalue weighted by molar-refractivity contribution is 5.42. The fourth-order valence-corrected chi connectivity index (χ4v) is 3.10. The maximum Gasteiger partial charge on any atom is 0.123 e. The smallest absolute Gasteiger partial charge is 0.123 e. The first-order chi connectivity index (χ1) is 9.05. The molecule has 104 valence electrons. The van der Waals surface area contributed by atoms with Gasteiger partial charge in [-0.3, -0.25) is 0 Å². The van der Waals surface area contributed by atoms with E-state index in [1.807, 2.05) is 0 Å². The zero-order chi connectivity index (χ0) is 13.5. The maximum atomic E-state index is 6.37. The summed E-state index contributed by atoms with van der Waals surface area (Å²) in [5.74, 6) is 1.01. The molecule has 19 heavy (non-hydrogen) atoms. The van der Waals surface area contributed by atoms with E-state index in [1.165, 1.54) is 17.5 Å². The van der Waals surface area contributed by atoms with Gasteiger partial charge in [0.05, 0.1) is 12.1 Å². The summed E-state index contributed by atoms with van der Waals surface area (Å²) < 4.78 is 11.7. The highest BCUT2D eigenvalue weighted by Crippen LogP contribution is 2.37. The molecule has 1 saturated heterocycles. The second kappa shape index (κ2) is 4.80. The van der Waals surface area contributed by atoms with Crippen molar-refractivity contribution in [3.05, 3.63) is 29.3 Å². The van der Waals surface area contributed by atoms with Crippen molar-refractivity contribution in [2.75, 3.05) is 6.61 Å². The summed E-state index contributed by atoms with van der Waals surface area (Å²) in [5.41, 5.74) is 8.72. The van der Waals surface area contributed by atoms with Crippen LogP contribution in [-0.4, -0.2) is 18.3 Å². The number of rotatable bonds is 2. The van der Waals surface area contributed by atoms with E-state index in [4.69, 9.17) is 15.2 Å². The lowest BCUT2D eigenvalue weighted by molar-refractivity contribution is 0.00000170. The molecule has 0 saturated carbocycles. The molecule has 0 aliphatic carbocycles. The zero-order valence-corrected chi connectivity index (χ0v) is 11.8. The minimum atomic E-state index is -0.0909. The molecule has 2 aliphatic heterocycles. The molecule has 0 spiro atoms. The molecule has 2 heterocycles. The first-order valence-corrected chi connectivity index (χ1v) is 7.24. The molecule has 2 aliphatic rings. The highest BCUT2D eigenvalue weighted by Gasteiger charge is 2.31. The number of nitrogens with two attached hydrogens (primary N) is 1. The van der Waals surface area contributed by atoms with Gasteiger partial charge in [-0.25, -0.2) is 0 Å². The fraction of sp³-hybridized carbons (Fsp3) is 0.625. The predicted molar refractivity (Wildman–Crippen MR) is 75.4 cm³/mol. The van der Waals surface area contributed by atoms with Crippen molar-refractivity contribution in [3.8, 4) is 5.75 Å². The van der Waals surface area contributed by atoms with Crippen molar-refractivity contribution in [2.24, 2.45) is 5.73 Å². The van der Waals surface area contributed by atoms with Gasteiger partial charge in [0.2, 0.25) is 0 Å². The van der Waals surface area contributed by atoms with Crippen molar-refractivity contribution in [1.29, 1.82) is 0 Å². The van der Waals surface area contributed by atoms with Crippen LogP contribution < -0.4 is 10.5 Å². The molecule has 2 atom stereocenters. The van der Waals surface area contributed by atoms with E-state index in [-0.39, 0.29) is 17.7 Å². The Morgan fingerprint density at radius 1 is 1.32 bits per heavy atom. The average Bonchev–Trinajstić information content (AvgIpc) is 2.71. The van der Waals surface area contributed by atoms with Crippen LogP contribution in [0.4, 0.5) is 0 Å². The molecule has 1 fully saturated rings. The summed E-state index contributed by atoms with van der Waals surface area (Å²) >= 11 is 0. The summed E-state index contributed by atoms with van der Waals surface area (Å²) in [6.07, 6.45) is 4.57. The molecule has 3 rings (SSSR count). The molecule has 1 aromatic rings. The number of hydrogen-bond acceptors (Lipinski definition) is 3. The monoisotopic (exact) mass is 261 g/mol. The number of benzene rings is 1. The van der Waals surface area contributed by atoms with Crippen molar-refractivity contribution in [1.82, 2.24) is 0 Å². The molecular formula is C16H23NO2. The third-order valence-corrected chi connectivity index (χ3v) is 4.09. The molecule has 0 bridgehead atoms. The van der Waals surface area contributed by atoms with Crippen LogP contribution in [0.15, 0.2) is 18.2 Å². The van der Waals surface area contributed by atoms with Crippen molar-refractivity contribution in [3.63, 3.8) is 0 Å². The second-order valence-corrected chi connectivity index (χ2v) is 6.34. The Labute approximate surface area is 115 Å². The van der Waals surface area contributed by atoms with Gasteiger partial charge in [-0.1, -0.05) is 12.1 Å². The summed E-state index contributed by atoms with van der Waals surface area (Å²) in [6, 6.07) is 6.33. The largest absolute Gasteiger partial charge is 0.487 e. The first kappa shape index (κ1) is 12.9. The third kappa shape index (κ3) is 2.63. The van der Waals surface area contributed by atoms with Gasteiger partial charge < -0.3 is 15.2 Å². The standard InChI is InChI=1S/C16H23NO2/c1-16(2)10-12-9-11(6-7-13(12)19-16)15(17)14-5-3-4-8-18-14/h6-7,9,14-15H,3-5,8,10,17H2,1-2H3. The number of ether oxygens (including phenoxy) is 2. The van der Waals surface area contributed by atoms with Gasteiger partial charge in [0.25, 0.3) is 0 Å². The van der Waals surface area contributed by atoms with Crippen LogP contribution in [0.3, 0.4) is 0 Å². The normalized spacial score (nSPS) is 26.6. The Kier molecular flexibility index (Phi) is 3.27. The van der Waals surface area contributed by atoms with Crippen LogP contribution in [0.1, 0.15) is 50.3 Å². The Balaban J connectivity index is 1.79. The minimum Gasteiger partial charge on any atom is -0.487 e. The SMILES string of the molecule is CC1(C)Cc2cc(C(N)C3CCCCO3)ccc2O1. The van der Waals surface area contributed by atoms with Crippen molar-refractivity contribution < 1.29 is 9.47 Å². The van der Waals surface area contributed by atoms with Crippen molar-refractivity contribution in [2.45, 2.75) is 57.3 Å². The van der Waals surface area contributed by atoms with Gasteiger partial charge >= 0.3 is 0 Å². The lowest BCUT2D eigenvalue weighted by atomic mass is 9.93. The van der Waals surface area contributed by atoms with Gasteiger partial charge in [-0.15, -0.1) is 0 Å². The van der Waals surface area contributed by atoms with E-state index in [9.17, 15) is 0 Å². The van der Waals surface area contributed by atoms with Gasteiger partial charge in [0, 0.05) is 13.0 Å². The van der Waals surface area contributed by atoms with Crippen LogP contribution in [0.2, 0.25) is 0 Å². The lowest BCUT2D eigenvalue weighted by Crippen LogP contribution is -2.31. The van der Waals surface area contributed by atoms with Crippen LogP contribution >= 0.6 is 0 Å². The third-order valence-electron chi connectivity index (χ3n) is 4.09. The molecule has 2 unspecified atom stereocenters. The number of fused-ring (bicyclic) bond motifs is 1. The predicted octanol–water partition coefficient (Wildman–Crippen LogP) is 2.97. The minimum absolute atomic E-state index is 0.0192. The van der Waals surface area contributed by atoms with E-state index in [2.05, 4.69) is 32.0 Å². The van der Waals surface area contributed by atoms with Gasteiger partial charge in [0.15, 0.2) is 0 Å². The van der Waals surface area contributed by atoms with Crippen LogP contribution in [0.5, 0.6) is 5.75 Å². The van der Waals surface area contributed by atoms with Crippen molar-refractivity contribution >= 4 is 0 Å². The van der Waals surface area contributed by atoms with Crippen LogP contribution in [0.25, 0.3) is 0 Å². The molecule has 0 radical (unpaired) electrons. The van der Waals surface area contributed by atoms with Crippen LogP contribution in [0, 0.1) is 0 Å². The van der Waals surface area contributed by atoms with Gasteiger partial charge in [-0.05, 0) is 50.3 Å². The Morgan fingerprint density at radius 3 is 2.89 bits per heavy atom. The molecule has 1 aromatic carbocycles. The summed E-state index contributed by atoms with van der Waals surface area (Å²) in [6.45, 7) is 5.09. The van der Waals surface area contributed by atoms with E-state index in [0.717, 1.165) is 31.6 Å². The number of hydrogen-bond donors (Lipinski definition) is 1. The van der Waals surface area contributed by atoms with E-state index < -0.39 is 0 Å². The Morgan fingerprint density at radius 2 is 2.16 bits per heavy atom. The van der Waals surface area contributed by atoms with Gasteiger partial charge in [-0.2, -0.15) is 0 Å². The quantitative estimate of drug-likeness (QED) is 0.890. The highest BCUT2D eigenvalue weighted by atomic mass is 16.5. The summed E-state index contributed by atoms with van der Waals surface area (Å²) in [5, 5.41) is 0. The summed E-state index contributed by atoms with van der Waals surface area (Å²) in [7, 11) is 0. The topological polar surface area (TPSA) is 44.5 Å². The second-order valence-electron chi connectivity index (χ2n) is 6.34. The molecule has 2 N–H and O–H groups in total. The fourth-order valence-electron chi connectivity index (χ4n) is 3.10.